The standard InChI is InChI=1S/C11H10BrNOS/c1-8(14)9-4-5-13(6-9)7-10-2-3-11(12)15-10/h2-6H,7H2,1H3. The number of carbonyl (C=O) groups is 1. The molecule has 2 rings (SSSR count). The average molecular weight is 284 g/mol. The molecule has 15 heavy (non-hydrogen) atoms. The van der Waals surface area contributed by atoms with Gasteiger partial charge in [-0.3, -0.25) is 4.79 Å². The van der Waals surface area contributed by atoms with E-state index in [1.165, 1.54) is 4.88 Å². The van der Waals surface area contributed by atoms with E-state index in [-0.39, 0.29) is 5.78 Å². The van der Waals surface area contributed by atoms with Crippen molar-refractivity contribution in [2.24, 2.45) is 0 Å². The van der Waals surface area contributed by atoms with Gasteiger partial charge < -0.3 is 4.57 Å². The fourth-order valence-electron chi connectivity index (χ4n) is 1.36. The third-order valence-corrected chi connectivity index (χ3v) is 3.73. The van der Waals surface area contributed by atoms with Crippen LogP contribution in [0, 0.1) is 0 Å². The summed E-state index contributed by atoms with van der Waals surface area (Å²) in [6.45, 7) is 2.41. The summed E-state index contributed by atoms with van der Waals surface area (Å²) < 4.78 is 3.16. The number of nitrogens with zero attached hydrogens (tertiary/aromatic N) is 1. The van der Waals surface area contributed by atoms with Gasteiger partial charge in [0.1, 0.15) is 0 Å². The number of ketones is 1. The largest absolute Gasteiger partial charge is 0.348 e. The molecule has 0 saturated carbocycles. The normalized spacial score (nSPS) is 10.5. The number of halogens is 1. The van der Waals surface area contributed by atoms with Crippen LogP contribution in [0.15, 0.2) is 34.4 Å². The second-order valence-corrected chi connectivity index (χ2v) is 5.88. The van der Waals surface area contributed by atoms with Crippen molar-refractivity contribution in [3.63, 3.8) is 0 Å². The van der Waals surface area contributed by atoms with Gasteiger partial charge in [0.2, 0.25) is 0 Å². The zero-order valence-electron chi connectivity index (χ0n) is 8.24. The van der Waals surface area contributed by atoms with Crippen molar-refractivity contribution in [1.82, 2.24) is 4.57 Å². The molecule has 0 atom stereocenters. The molecule has 2 aromatic rings. The monoisotopic (exact) mass is 283 g/mol. The maximum absolute atomic E-state index is 11.1. The summed E-state index contributed by atoms with van der Waals surface area (Å²) in [6, 6.07) is 5.97. The van der Waals surface area contributed by atoms with Gasteiger partial charge >= 0.3 is 0 Å². The Kier molecular flexibility index (Phi) is 3.07. The lowest BCUT2D eigenvalue weighted by Gasteiger charge is -1.98. The molecule has 0 N–H and O–H groups in total. The van der Waals surface area contributed by atoms with Gasteiger partial charge in [0.15, 0.2) is 5.78 Å². The van der Waals surface area contributed by atoms with Gasteiger partial charge in [-0.2, -0.15) is 0 Å². The predicted octanol–water partition coefficient (Wildman–Crippen LogP) is 3.56. The Balaban J connectivity index is 2.14. The molecule has 0 amide bonds. The first-order chi connectivity index (χ1) is 7.15. The van der Waals surface area contributed by atoms with Gasteiger partial charge in [-0.05, 0) is 41.1 Å². The quantitative estimate of drug-likeness (QED) is 0.790. The molecule has 0 unspecified atom stereocenters. The Hall–Kier alpha value is -0.870. The van der Waals surface area contributed by atoms with Gasteiger partial charge in [-0.1, -0.05) is 0 Å². The molecule has 78 valence electrons. The summed E-state index contributed by atoms with van der Waals surface area (Å²) in [4.78, 5) is 12.4. The van der Waals surface area contributed by atoms with E-state index in [4.69, 9.17) is 0 Å². The third-order valence-electron chi connectivity index (χ3n) is 2.12. The Morgan fingerprint density at radius 3 is 2.80 bits per heavy atom. The molecular weight excluding hydrogens is 274 g/mol. The second kappa shape index (κ2) is 4.33. The highest BCUT2D eigenvalue weighted by Gasteiger charge is 2.03. The molecule has 0 aliphatic heterocycles. The lowest BCUT2D eigenvalue weighted by Crippen LogP contribution is -1.94. The molecule has 0 radical (unpaired) electrons. The van der Waals surface area contributed by atoms with E-state index in [0.29, 0.717) is 0 Å². The summed E-state index contributed by atoms with van der Waals surface area (Å²) in [5.74, 6) is 0.112. The van der Waals surface area contributed by atoms with Crippen LogP contribution >= 0.6 is 27.3 Å². The first kappa shape index (κ1) is 10.6. The molecule has 2 nitrogen and oxygen atoms in total. The number of aromatic nitrogens is 1. The maximum Gasteiger partial charge on any atom is 0.161 e. The molecule has 0 fully saturated rings. The van der Waals surface area contributed by atoms with Crippen LogP contribution in [0.2, 0.25) is 0 Å². The van der Waals surface area contributed by atoms with Crippen LogP contribution in [-0.2, 0) is 6.54 Å². The van der Waals surface area contributed by atoms with E-state index >= 15 is 0 Å². The maximum atomic E-state index is 11.1. The summed E-state index contributed by atoms with van der Waals surface area (Å²) in [6.07, 6.45) is 3.82. The number of hydrogen-bond donors (Lipinski definition) is 0. The van der Waals surface area contributed by atoms with Crippen molar-refractivity contribution in [2.45, 2.75) is 13.5 Å². The minimum atomic E-state index is 0.112. The SMILES string of the molecule is CC(=O)c1ccn(Cc2ccc(Br)s2)c1. The second-order valence-electron chi connectivity index (χ2n) is 3.33. The molecular formula is C11H10BrNOS. The van der Waals surface area contributed by atoms with E-state index in [1.54, 1.807) is 18.3 Å². The van der Waals surface area contributed by atoms with Gasteiger partial charge in [-0.25, -0.2) is 0 Å². The molecule has 0 aromatic carbocycles. The van der Waals surface area contributed by atoms with Crippen molar-refractivity contribution in [3.8, 4) is 0 Å². The number of rotatable bonds is 3. The van der Waals surface area contributed by atoms with Gasteiger partial charge in [0.25, 0.3) is 0 Å². The van der Waals surface area contributed by atoms with Gasteiger partial charge in [0.05, 0.1) is 10.3 Å². The molecule has 4 heteroatoms. The average Bonchev–Trinajstić information content (AvgIpc) is 2.76. The highest BCUT2D eigenvalue weighted by atomic mass is 79.9. The molecule has 0 bridgehead atoms. The van der Waals surface area contributed by atoms with Crippen LogP contribution in [0.4, 0.5) is 0 Å². The summed E-state index contributed by atoms with van der Waals surface area (Å²) in [5, 5.41) is 0. The lowest BCUT2D eigenvalue weighted by molar-refractivity contribution is 0.101. The van der Waals surface area contributed by atoms with E-state index in [9.17, 15) is 4.79 Å². The van der Waals surface area contributed by atoms with Crippen LogP contribution < -0.4 is 0 Å². The van der Waals surface area contributed by atoms with Crippen molar-refractivity contribution in [2.75, 3.05) is 0 Å². The van der Waals surface area contributed by atoms with Crippen LogP contribution in [-0.4, -0.2) is 10.4 Å². The fraction of sp³-hybridized carbons (Fsp3) is 0.182. The number of thiophene rings is 1. The van der Waals surface area contributed by atoms with Crippen LogP contribution in [0.3, 0.4) is 0 Å². The highest BCUT2D eigenvalue weighted by molar-refractivity contribution is 9.11. The molecule has 2 aromatic heterocycles. The van der Waals surface area contributed by atoms with Crippen LogP contribution in [0.5, 0.6) is 0 Å². The van der Waals surface area contributed by atoms with E-state index in [2.05, 4.69) is 22.0 Å². The Labute approximate surface area is 101 Å². The zero-order valence-corrected chi connectivity index (χ0v) is 10.6. The van der Waals surface area contributed by atoms with E-state index in [0.717, 1.165) is 15.9 Å². The zero-order chi connectivity index (χ0) is 10.8. The molecule has 0 spiro atoms. The number of Topliss-reactive ketones (excluding diaryl/α,β-unsaturated/α-hetero) is 1. The summed E-state index contributed by atoms with van der Waals surface area (Å²) >= 11 is 5.14. The number of hydrogen-bond acceptors (Lipinski definition) is 2. The van der Waals surface area contributed by atoms with Crippen molar-refractivity contribution >= 4 is 33.0 Å². The van der Waals surface area contributed by atoms with Gasteiger partial charge in [-0.15, -0.1) is 11.3 Å². The van der Waals surface area contributed by atoms with E-state index in [1.807, 2.05) is 29.1 Å². The number of carbonyl (C=O) groups excluding carboxylic acids is 1. The van der Waals surface area contributed by atoms with Gasteiger partial charge in [0, 0.05) is 22.8 Å². The minimum absolute atomic E-state index is 0.112. The van der Waals surface area contributed by atoms with Crippen molar-refractivity contribution in [1.29, 1.82) is 0 Å². The van der Waals surface area contributed by atoms with Crippen molar-refractivity contribution < 1.29 is 4.79 Å². The molecule has 2 heterocycles. The first-order valence-electron chi connectivity index (χ1n) is 4.56. The predicted molar refractivity (Wildman–Crippen MR) is 65.6 cm³/mol. The first-order valence-corrected chi connectivity index (χ1v) is 6.17. The van der Waals surface area contributed by atoms with Crippen LogP contribution in [0.1, 0.15) is 22.2 Å². The lowest BCUT2D eigenvalue weighted by atomic mass is 10.2. The Bertz CT molecular complexity index is 486. The smallest absolute Gasteiger partial charge is 0.161 e. The Morgan fingerprint density at radius 1 is 1.47 bits per heavy atom. The van der Waals surface area contributed by atoms with Crippen molar-refractivity contribution in [3.05, 3.63) is 44.8 Å². The molecule has 0 saturated heterocycles. The van der Waals surface area contributed by atoms with Crippen LogP contribution in [0.25, 0.3) is 0 Å². The highest BCUT2D eigenvalue weighted by Crippen LogP contribution is 2.22. The van der Waals surface area contributed by atoms with E-state index < -0.39 is 0 Å². The Morgan fingerprint density at radius 2 is 2.27 bits per heavy atom. The fourth-order valence-corrected chi connectivity index (χ4v) is 2.86. The topological polar surface area (TPSA) is 22.0 Å². The minimum Gasteiger partial charge on any atom is -0.348 e. The summed E-state index contributed by atoms with van der Waals surface area (Å²) in [7, 11) is 0. The summed E-state index contributed by atoms with van der Waals surface area (Å²) in [5.41, 5.74) is 0.769. The third kappa shape index (κ3) is 2.58. The molecule has 0 aliphatic rings. The molecule has 0 aliphatic carbocycles.